The highest BCUT2D eigenvalue weighted by Gasteiger charge is 2.41. The van der Waals surface area contributed by atoms with E-state index in [-0.39, 0.29) is 13.0 Å². The van der Waals surface area contributed by atoms with Crippen LogP contribution in [0.25, 0.3) is 0 Å². The molecule has 0 amide bonds. The summed E-state index contributed by atoms with van der Waals surface area (Å²) in [5, 5.41) is 27.9. The van der Waals surface area contributed by atoms with Crippen LogP contribution in [0.1, 0.15) is 12.8 Å². The molecule has 6 heteroatoms. The Kier molecular flexibility index (Phi) is 2.84. The SMILES string of the molecule is O=C(O)C1CCC[NH+]([O-])C1C(=O)O. The lowest BCUT2D eigenvalue weighted by atomic mass is 9.91. The molecule has 0 aromatic heterocycles. The number of hydrogen-bond donors (Lipinski definition) is 3. The van der Waals surface area contributed by atoms with E-state index in [1.54, 1.807) is 0 Å². The van der Waals surface area contributed by atoms with Gasteiger partial charge in [-0.2, -0.15) is 0 Å². The number of carbonyl (C=O) groups is 2. The molecule has 13 heavy (non-hydrogen) atoms. The van der Waals surface area contributed by atoms with Gasteiger partial charge in [0.2, 0.25) is 0 Å². The maximum atomic E-state index is 11.1. The summed E-state index contributed by atoms with van der Waals surface area (Å²) < 4.78 is 0. The summed E-state index contributed by atoms with van der Waals surface area (Å²) in [6.07, 6.45) is 0.748. The van der Waals surface area contributed by atoms with Crippen molar-refractivity contribution >= 4 is 11.9 Å². The summed E-state index contributed by atoms with van der Waals surface area (Å²) in [6.45, 7) is 0.181. The van der Waals surface area contributed by atoms with E-state index in [1.807, 2.05) is 0 Å². The fourth-order valence-electron chi connectivity index (χ4n) is 1.62. The molecule has 1 fully saturated rings. The Morgan fingerprint density at radius 3 is 2.31 bits per heavy atom. The van der Waals surface area contributed by atoms with Crippen LogP contribution < -0.4 is 5.06 Å². The first-order valence-corrected chi connectivity index (χ1v) is 4.02. The fourth-order valence-corrected chi connectivity index (χ4v) is 1.62. The zero-order valence-corrected chi connectivity index (χ0v) is 6.90. The highest BCUT2D eigenvalue weighted by molar-refractivity contribution is 5.81. The first kappa shape index (κ1) is 9.94. The minimum atomic E-state index is -1.34. The lowest BCUT2D eigenvalue weighted by Crippen LogP contribution is -3.14. The molecule has 0 aliphatic carbocycles. The van der Waals surface area contributed by atoms with Gasteiger partial charge in [-0.1, -0.05) is 0 Å². The number of rotatable bonds is 2. The summed E-state index contributed by atoms with van der Waals surface area (Å²) in [7, 11) is 0. The monoisotopic (exact) mass is 189 g/mol. The third-order valence-electron chi connectivity index (χ3n) is 2.27. The van der Waals surface area contributed by atoms with Gasteiger partial charge in [-0.3, -0.25) is 4.79 Å². The summed E-state index contributed by atoms with van der Waals surface area (Å²) >= 11 is 0. The maximum Gasteiger partial charge on any atom is 0.363 e. The molecule has 0 spiro atoms. The number of nitrogens with one attached hydrogen (secondary N) is 1. The van der Waals surface area contributed by atoms with E-state index in [9.17, 15) is 14.8 Å². The number of aliphatic carboxylic acids is 2. The molecule has 0 radical (unpaired) electrons. The van der Waals surface area contributed by atoms with Gasteiger partial charge in [-0.25, -0.2) is 4.79 Å². The van der Waals surface area contributed by atoms with Crippen molar-refractivity contribution in [2.24, 2.45) is 5.92 Å². The normalized spacial score (nSPS) is 34.1. The van der Waals surface area contributed by atoms with Gasteiger partial charge in [0.1, 0.15) is 5.92 Å². The molecule has 1 saturated heterocycles. The van der Waals surface area contributed by atoms with Crippen LogP contribution in [-0.2, 0) is 9.59 Å². The third-order valence-corrected chi connectivity index (χ3v) is 2.27. The first-order chi connectivity index (χ1) is 6.04. The van der Waals surface area contributed by atoms with Crippen LogP contribution >= 0.6 is 0 Å². The predicted octanol–water partition coefficient (Wildman–Crippen LogP) is -1.68. The van der Waals surface area contributed by atoms with E-state index in [4.69, 9.17) is 10.2 Å². The van der Waals surface area contributed by atoms with E-state index >= 15 is 0 Å². The number of quaternary nitrogens is 1. The molecule has 3 N–H and O–H groups in total. The Bertz CT molecular complexity index is 229. The van der Waals surface area contributed by atoms with Gasteiger partial charge < -0.3 is 20.5 Å². The second-order valence-electron chi connectivity index (χ2n) is 3.12. The number of carboxylic acids is 2. The maximum absolute atomic E-state index is 11.1. The van der Waals surface area contributed by atoms with Crippen LogP contribution in [0.15, 0.2) is 0 Å². The third kappa shape index (κ3) is 1.96. The van der Waals surface area contributed by atoms with Crippen molar-refractivity contribution < 1.29 is 24.9 Å². The molecule has 0 aromatic carbocycles. The Morgan fingerprint density at radius 2 is 1.92 bits per heavy atom. The van der Waals surface area contributed by atoms with E-state index in [0.717, 1.165) is 0 Å². The highest BCUT2D eigenvalue weighted by Crippen LogP contribution is 2.13. The van der Waals surface area contributed by atoms with Crippen molar-refractivity contribution in [2.75, 3.05) is 6.54 Å². The molecule has 6 nitrogen and oxygen atoms in total. The van der Waals surface area contributed by atoms with Crippen LogP contribution in [-0.4, -0.2) is 34.7 Å². The molecular formula is C7H11NO5. The van der Waals surface area contributed by atoms with Crippen LogP contribution in [0.5, 0.6) is 0 Å². The van der Waals surface area contributed by atoms with Gasteiger partial charge in [0.05, 0.1) is 6.54 Å². The highest BCUT2D eigenvalue weighted by atomic mass is 16.5. The molecule has 1 heterocycles. The number of piperidine rings is 1. The first-order valence-electron chi connectivity index (χ1n) is 4.02. The van der Waals surface area contributed by atoms with Crippen LogP contribution in [0.3, 0.4) is 0 Å². The average Bonchev–Trinajstić information content (AvgIpc) is 2.02. The Hall–Kier alpha value is -1.14. The number of hydroxylamine groups is 2. The molecule has 0 saturated carbocycles. The zero-order valence-electron chi connectivity index (χ0n) is 6.90. The Balaban J connectivity index is 2.80. The Labute approximate surface area is 74.3 Å². The minimum Gasteiger partial charge on any atom is -0.634 e. The number of carboxylic acid groups (broad SMARTS) is 2. The zero-order chi connectivity index (χ0) is 10.0. The quantitative estimate of drug-likeness (QED) is 0.450. The topological polar surface area (TPSA) is 102 Å². The van der Waals surface area contributed by atoms with Crippen LogP contribution in [0.4, 0.5) is 0 Å². The van der Waals surface area contributed by atoms with Crippen molar-refractivity contribution in [1.29, 1.82) is 0 Å². The standard InChI is InChI=1S/C7H11NO5/c9-6(10)4-2-1-3-8(13)5(4)7(11)12/h4-5,8H,1-3H2,(H,9,10)(H,11,12). The van der Waals surface area contributed by atoms with Gasteiger partial charge in [-0.15, -0.1) is 0 Å². The van der Waals surface area contributed by atoms with Crippen molar-refractivity contribution in [1.82, 2.24) is 0 Å². The molecule has 0 bridgehead atoms. The fraction of sp³-hybridized carbons (Fsp3) is 0.714. The summed E-state index contributed by atoms with van der Waals surface area (Å²) in [6, 6.07) is -1.34. The van der Waals surface area contributed by atoms with Crippen molar-refractivity contribution in [3.63, 3.8) is 0 Å². The van der Waals surface area contributed by atoms with Gasteiger partial charge in [0.15, 0.2) is 6.04 Å². The molecule has 74 valence electrons. The van der Waals surface area contributed by atoms with E-state index in [2.05, 4.69) is 0 Å². The summed E-state index contributed by atoms with van der Waals surface area (Å²) in [5.41, 5.74) is 0. The second kappa shape index (κ2) is 3.71. The van der Waals surface area contributed by atoms with Crippen molar-refractivity contribution in [3.8, 4) is 0 Å². The van der Waals surface area contributed by atoms with E-state index in [0.29, 0.717) is 6.42 Å². The lowest BCUT2D eigenvalue weighted by molar-refractivity contribution is -0.875. The molecule has 1 aliphatic heterocycles. The molecule has 3 unspecified atom stereocenters. The second-order valence-corrected chi connectivity index (χ2v) is 3.12. The predicted molar refractivity (Wildman–Crippen MR) is 41.0 cm³/mol. The molecular weight excluding hydrogens is 178 g/mol. The average molecular weight is 189 g/mol. The van der Waals surface area contributed by atoms with E-state index in [1.165, 1.54) is 0 Å². The molecule has 0 aromatic rings. The molecule has 3 atom stereocenters. The van der Waals surface area contributed by atoms with Crippen molar-refractivity contribution in [2.45, 2.75) is 18.9 Å². The minimum absolute atomic E-state index is 0.181. The summed E-state index contributed by atoms with van der Waals surface area (Å²) in [5.74, 6) is -3.56. The van der Waals surface area contributed by atoms with Crippen LogP contribution in [0.2, 0.25) is 0 Å². The Morgan fingerprint density at radius 1 is 1.31 bits per heavy atom. The lowest BCUT2D eigenvalue weighted by Gasteiger charge is -2.36. The summed E-state index contributed by atoms with van der Waals surface area (Å²) in [4.78, 5) is 21.2. The van der Waals surface area contributed by atoms with Gasteiger partial charge in [0, 0.05) is 0 Å². The molecule has 1 aliphatic rings. The van der Waals surface area contributed by atoms with Gasteiger partial charge >= 0.3 is 11.9 Å². The molecule has 1 rings (SSSR count). The van der Waals surface area contributed by atoms with Crippen LogP contribution in [0, 0.1) is 11.1 Å². The van der Waals surface area contributed by atoms with Crippen molar-refractivity contribution in [3.05, 3.63) is 5.21 Å². The van der Waals surface area contributed by atoms with E-state index < -0.39 is 29.0 Å². The van der Waals surface area contributed by atoms with Gasteiger partial charge in [-0.05, 0) is 12.8 Å². The van der Waals surface area contributed by atoms with Gasteiger partial charge in [0.25, 0.3) is 0 Å². The number of hydrogen-bond acceptors (Lipinski definition) is 3. The smallest absolute Gasteiger partial charge is 0.363 e. The largest absolute Gasteiger partial charge is 0.634 e.